The summed E-state index contributed by atoms with van der Waals surface area (Å²) in [7, 11) is -2.86. The van der Waals surface area contributed by atoms with Crippen LogP contribution in [-0.2, 0) is 9.84 Å². The molecule has 1 atom stereocenters. The van der Waals surface area contributed by atoms with Gasteiger partial charge in [-0.25, -0.2) is 8.42 Å². The molecule has 0 saturated heterocycles. The van der Waals surface area contributed by atoms with Gasteiger partial charge in [0.25, 0.3) is 0 Å². The van der Waals surface area contributed by atoms with Crippen molar-refractivity contribution >= 4 is 9.84 Å². The Bertz CT molecular complexity index is 244. The fraction of sp³-hybridized carbons (Fsp3) is 1.00. The van der Waals surface area contributed by atoms with Crippen LogP contribution in [0, 0.1) is 5.92 Å². The fourth-order valence-corrected chi connectivity index (χ4v) is 2.91. The molecule has 0 bridgehead atoms. The maximum atomic E-state index is 11.6. The molecule has 1 aliphatic carbocycles. The first kappa shape index (κ1) is 11.0. The molecule has 0 heterocycles. The molecule has 0 aliphatic heterocycles. The van der Waals surface area contributed by atoms with Crippen molar-refractivity contribution in [3.05, 3.63) is 0 Å². The van der Waals surface area contributed by atoms with Gasteiger partial charge >= 0.3 is 0 Å². The zero-order valence-electron chi connectivity index (χ0n) is 8.20. The summed E-state index contributed by atoms with van der Waals surface area (Å²) < 4.78 is 23.2. The van der Waals surface area contributed by atoms with Gasteiger partial charge in [-0.3, -0.25) is 0 Å². The molecule has 1 unspecified atom stereocenters. The van der Waals surface area contributed by atoms with Crippen molar-refractivity contribution in [1.82, 2.24) is 0 Å². The van der Waals surface area contributed by atoms with Gasteiger partial charge in [-0.2, -0.15) is 0 Å². The molecule has 1 fully saturated rings. The molecule has 0 aromatic rings. The summed E-state index contributed by atoms with van der Waals surface area (Å²) in [5, 5.41) is -0.253. The highest BCUT2D eigenvalue weighted by molar-refractivity contribution is 7.91. The standard InChI is InChI=1S/C9H19NO2S/c1-8(4-6-10)13(11,12)7-5-9-2-3-9/h8-9H,2-7,10H2,1H3. The summed E-state index contributed by atoms with van der Waals surface area (Å²) in [6.45, 7) is 2.22. The van der Waals surface area contributed by atoms with E-state index < -0.39 is 9.84 Å². The molecule has 1 rings (SSSR count). The minimum atomic E-state index is -2.86. The quantitative estimate of drug-likeness (QED) is 0.702. The van der Waals surface area contributed by atoms with E-state index in [0.29, 0.717) is 24.6 Å². The minimum Gasteiger partial charge on any atom is -0.330 e. The van der Waals surface area contributed by atoms with E-state index in [1.54, 1.807) is 6.92 Å². The maximum Gasteiger partial charge on any atom is 0.152 e. The van der Waals surface area contributed by atoms with Gasteiger partial charge < -0.3 is 5.73 Å². The Morgan fingerprint density at radius 1 is 1.46 bits per heavy atom. The van der Waals surface area contributed by atoms with Crippen LogP contribution >= 0.6 is 0 Å². The van der Waals surface area contributed by atoms with Crippen LogP contribution in [0.3, 0.4) is 0 Å². The van der Waals surface area contributed by atoms with E-state index in [1.807, 2.05) is 0 Å². The van der Waals surface area contributed by atoms with E-state index >= 15 is 0 Å². The van der Waals surface area contributed by atoms with Crippen LogP contribution in [0.15, 0.2) is 0 Å². The number of hydrogen-bond acceptors (Lipinski definition) is 3. The fourth-order valence-electron chi connectivity index (χ4n) is 1.35. The van der Waals surface area contributed by atoms with Gasteiger partial charge in [-0.1, -0.05) is 12.8 Å². The van der Waals surface area contributed by atoms with Gasteiger partial charge in [0.1, 0.15) is 0 Å². The van der Waals surface area contributed by atoms with Crippen LogP contribution < -0.4 is 5.73 Å². The molecule has 0 radical (unpaired) electrons. The summed E-state index contributed by atoms with van der Waals surface area (Å²) in [6.07, 6.45) is 3.89. The third-order valence-corrected chi connectivity index (χ3v) is 4.96. The molecule has 78 valence electrons. The zero-order chi connectivity index (χ0) is 9.90. The van der Waals surface area contributed by atoms with E-state index in [2.05, 4.69) is 0 Å². The van der Waals surface area contributed by atoms with E-state index in [9.17, 15) is 8.42 Å². The van der Waals surface area contributed by atoms with Gasteiger partial charge in [0.2, 0.25) is 0 Å². The Balaban J connectivity index is 2.33. The molecule has 0 amide bonds. The van der Waals surface area contributed by atoms with Crippen molar-refractivity contribution in [2.75, 3.05) is 12.3 Å². The predicted molar refractivity (Wildman–Crippen MR) is 54.3 cm³/mol. The van der Waals surface area contributed by atoms with Gasteiger partial charge in [0, 0.05) is 0 Å². The molecule has 1 saturated carbocycles. The van der Waals surface area contributed by atoms with Crippen LogP contribution in [0.25, 0.3) is 0 Å². The smallest absolute Gasteiger partial charge is 0.152 e. The second-order valence-corrected chi connectivity index (χ2v) is 6.53. The largest absolute Gasteiger partial charge is 0.330 e. The highest BCUT2D eigenvalue weighted by atomic mass is 32.2. The molecular formula is C9H19NO2S. The molecule has 4 heteroatoms. The van der Waals surface area contributed by atoms with E-state index in [1.165, 1.54) is 12.8 Å². The SMILES string of the molecule is CC(CCN)S(=O)(=O)CCC1CC1. The van der Waals surface area contributed by atoms with Crippen LogP contribution in [-0.4, -0.2) is 26.0 Å². The van der Waals surface area contributed by atoms with Crippen LogP contribution in [0.4, 0.5) is 0 Å². The number of nitrogens with two attached hydrogens (primary N) is 1. The molecule has 0 aromatic heterocycles. The van der Waals surface area contributed by atoms with Crippen LogP contribution in [0.1, 0.15) is 32.6 Å². The van der Waals surface area contributed by atoms with Gasteiger partial charge in [0.15, 0.2) is 9.84 Å². The van der Waals surface area contributed by atoms with E-state index in [-0.39, 0.29) is 5.25 Å². The highest BCUT2D eigenvalue weighted by Crippen LogP contribution is 2.33. The average molecular weight is 205 g/mol. The third kappa shape index (κ3) is 3.65. The summed E-state index contributed by atoms with van der Waals surface area (Å²) >= 11 is 0. The van der Waals surface area contributed by atoms with Crippen molar-refractivity contribution in [3.8, 4) is 0 Å². The van der Waals surface area contributed by atoms with Crippen molar-refractivity contribution in [1.29, 1.82) is 0 Å². The molecule has 2 N–H and O–H groups in total. The van der Waals surface area contributed by atoms with Crippen LogP contribution in [0.5, 0.6) is 0 Å². The Morgan fingerprint density at radius 3 is 2.54 bits per heavy atom. The van der Waals surface area contributed by atoms with Crippen molar-refractivity contribution in [2.45, 2.75) is 37.9 Å². The lowest BCUT2D eigenvalue weighted by Crippen LogP contribution is -2.24. The zero-order valence-corrected chi connectivity index (χ0v) is 9.02. The lowest BCUT2D eigenvalue weighted by atomic mass is 10.3. The monoisotopic (exact) mass is 205 g/mol. The number of rotatable bonds is 6. The summed E-state index contributed by atoms with van der Waals surface area (Å²) in [5.41, 5.74) is 5.33. The van der Waals surface area contributed by atoms with Gasteiger partial charge in [-0.15, -0.1) is 0 Å². The lowest BCUT2D eigenvalue weighted by Gasteiger charge is -2.10. The maximum absolute atomic E-state index is 11.6. The minimum absolute atomic E-state index is 0.253. The first-order valence-electron chi connectivity index (χ1n) is 4.98. The lowest BCUT2D eigenvalue weighted by molar-refractivity contribution is 0.573. The van der Waals surface area contributed by atoms with E-state index in [0.717, 1.165) is 6.42 Å². The number of hydrogen-bond donors (Lipinski definition) is 1. The van der Waals surface area contributed by atoms with Crippen molar-refractivity contribution < 1.29 is 8.42 Å². The van der Waals surface area contributed by atoms with Crippen LogP contribution in [0.2, 0.25) is 0 Å². The second kappa shape index (κ2) is 4.42. The topological polar surface area (TPSA) is 60.2 Å². The molecule has 0 aromatic carbocycles. The highest BCUT2D eigenvalue weighted by Gasteiger charge is 2.26. The molecule has 1 aliphatic rings. The summed E-state index contributed by atoms with van der Waals surface area (Å²) in [5.74, 6) is 1.05. The first-order valence-corrected chi connectivity index (χ1v) is 6.69. The predicted octanol–water partition coefficient (Wildman–Crippen LogP) is 0.939. The van der Waals surface area contributed by atoms with Gasteiger partial charge in [0.05, 0.1) is 11.0 Å². The Morgan fingerprint density at radius 2 is 2.08 bits per heavy atom. The summed E-state index contributed by atoms with van der Waals surface area (Å²) in [6, 6.07) is 0. The molecule has 13 heavy (non-hydrogen) atoms. The average Bonchev–Trinajstić information content (AvgIpc) is 2.84. The summed E-state index contributed by atoms with van der Waals surface area (Å²) in [4.78, 5) is 0. The Kier molecular flexibility index (Phi) is 3.74. The van der Waals surface area contributed by atoms with Crippen molar-refractivity contribution in [2.24, 2.45) is 11.7 Å². The first-order chi connectivity index (χ1) is 6.06. The van der Waals surface area contributed by atoms with Crippen molar-refractivity contribution in [3.63, 3.8) is 0 Å². The normalized spacial score (nSPS) is 20.2. The van der Waals surface area contributed by atoms with E-state index in [4.69, 9.17) is 5.73 Å². The molecule has 0 spiro atoms. The molecule has 3 nitrogen and oxygen atoms in total. The second-order valence-electron chi connectivity index (χ2n) is 3.99. The Hall–Kier alpha value is -0.0900. The molecular weight excluding hydrogens is 186 g/mol. The third-order valence-electron chi connectivity index (χ3n) is 2.69. The Labute approximate surface area is 80.6 Å². The number of sulfone groups is 1. The van der Waals surface area contributed by atoms with Gasteiger partial charge in [-0.05, 0) is 32.2 Å².